The summed E-state index contributed by atoms with van der Waals surface area (Å²) in [6.45, 7) is 4.00. The molecule has 5 nitrogen and oxygen atoms in total. The van der Waals surface area contributed by atoms with E-state index in [0.717, 1.165) is 23.4 Å². The summed E-state index contributed by atoms with van der Waals surface area (Å²) in [5.41, 5.74) is 2.44. The second-order valence-electron chi connectivity index (χ2n) is 4.05. The van der Waals surface area contributed by atoms with Crippen molar-refractivity contribution >= 4 is 15.9 Å². The van der Waals surface area contributed by atoms with Crippen LogP contribution in [-0.2, 0) is 19.9 Å². The maximum absolute atomic E-state index is 11.8. The Morgan fingerprint density at radius 3 is 2.61 bits per heavy atom. The number of rotatable bonds is 3. The fourth-order valence-electron chi connectivity index (χ4n) is 1.86. The molecule has 0 aromatic carbocycles. The average Bonchev–Trinajstić information content (AvgIpc) is 2.73. The van der Waals surface area contributed by atoms with Crippen LogP contribution in [0.2, 0.25) is 0 Å². The zero-order valence-corrected chi connectivity index (χ0v) is 12.2. The molecule has 1 N–H and O–H groups in total. The molecule has 96 valence electrons. The van der Waals surface area contributed by atoms with Crippen LogP contribution in [-0.4, -0.2) is 19.7 Å². The summed E-state index contributed by atoms with van der Waals surface area (Å²) in [5, 5.41) is 4.36. The topological polar surface area (TPSA) is 63.6 Å². The monoisotopic (exact) mass is 310 g/mol. The summed E-state index contributed by atoms with van der Waals surface area (Å²) in [4.78, 5) is 19.1. The number of halogens is 1. The van der Waals surface area contributed by atoms with Gasteiger partial charge in [-0.2, -0.15) is 5.10 Å². The van der Waals surface area contributed by atoms with Crippen LogP contribution in [0.3, 0.4) is 0 Å². The van der Waals surface area contributed by atoms with E-state index in [9.17, 15) is 4.79 Å². The lowest BCUT2D eigenvalue weighted by Gasteiger charge is -2.04. The number of nitrogens with zero attached hydrogens (tertiary/aromatic N) is 3. The normalized spacial score (nSPS) is 10.9. The van der Waals surface area contributed by atoms with E-state index in [2.05, 4.69) is 31.0 Å². The van der Waals surface area contributed by atoms with Crippen LogP contribution in [0.15, 0.2) is 15.5 Å². The number of hydrogen-bond acceptors (Lipinski definition) is 3. The van der Waals surface area contributed by atoms with E-state index in [-0.39, 0.29) is 5.56 Å². The Labute approximate surface area is 113 Å². The second kappa shape index (κ2) is 5.06. The molecular formula is C12H15BrN4O. The van der Waals surface area contributed by atoms with E-state index in [1.54, 1.807) is 4.68 Å². The fraction of sp³-hybridized carbons (Fsp3) is 0.417. The third-order valence-electron chi connectivity index (χ3n) is 2.76. The second-order valence-corrected chi connectivity index (χ2v) is 4.84. The Morgan fingerprint density at radius 2 is 2.00 bits per heavy atom. The predicted molar refractivity (Wildman–Crippen MR) is 73.5 cm³/mol. The third kappa shape index (κ3) is 2.25. The minimum absolute atomic E-state index is 0.150. The van der Waals surface area contributed by atoms with Crippen molar-refractivity contribution in [2.24, 2.45) is 7.05 Å². The SMILES string of the molecule is CCc1nn(C)cc1-c1nc(CC)c(Br)c(=O)[nH]1. The van der Waals surface area contributed by atoms with Crippen LogP contribution in [0.4, 0.5) is 0 Å². The predicted octanol–water partition coefficient (Wildman–Crippen LogP) is 2.06. The van der Waals surface area contributed by atoms with E-state index in [1.165, 1.54) is 0 Å². The molecule has 0 radical (unpaired) electrons. The van der Waals surface area contributed by atoms with Gasteiger partial charge in [-0.25, -0.2) is 4.98 Å². The number of aryl methyl sites for hydroxylation is 3. The molecule has 0 bridgehead atoms. The van der Waals surface area contributed by atoms with E-state index >= 15 is 0 Å². The van der Waals surface area contributed by atoms with Crippen LogP contribution in [0.1, 0.15) is 25.2 Å². The molecule has 0 saturated carbocycles. The molecule has 0 aliphatic carbocycles. The molecule has 2 aromatic rings. The van der Waals surface area contributed by atoms with Gasteiger partial charge in [-0.05, 0) is 28.8 Å². The van der Waals surface area contributed by atoms with Gasteiger partial charge in [0.15, 0.2) is 0 Å². The standard InChI is InChI=1S/C12H15BrN4O/c1-4-8-7(6-17(3)16-8)11-14-9(5-2)10(13)12(18)15-11/h6H,4-5H2,1-3H3,(H,14,15,18). The first-order chi connectivity index (χ1) is 8.56. The van der Waals surface area contributed by atoms with Crippen molar-refractivity contribution in [3.8, 4) is 11.4 Å². The Kier molecular flexibility index (Phi) is 3.65. The minimum atomic E-state index is -0.150. The lowest BCUT2D eigenvalue weighted by atomic mass is 10.2. The Bertz CT molecular complexity index is 629. The number of aromatic amines is 1. The average molecular weight is 311 g/mol. The van der Waals surface area contributed by atoms with Gasteiger partial charge in [-0.3, -0.25) is 9.48 Å². The highest BCUT2D eigenvalue weighted by Crippen LogP contribution is 2.20. The molecule has 2 aromatic heterocycles. The van der Waals surface area contributed by atoms with Gasteiger partial charge in [0.1, 0.15) is 10.3 Å². The molecular weight excluding hydrogens is 296 g/mol. The summed E-state index contributed by atoms with van der Waals surface area (Å²) in [6.07, 6.45) is 3.39. The third-order valence-corrected chi connectivity index (χ3v) is 3.58. The molecule has 0 unspecified atom stereocenters. The highest BCUT2D eigenvalue weighted by Gasteiger charge is 2.14. The first kappa shape index (κ1) is 13.0. The number of hydrogen-bond donors (Lipinski definition) is 1. The number of H-pyrrole nitrogens is 1. The van der Waals surface area contributed by atoms with Crippen LogP contribution >= 0.6 is 15.9 Å². The number of nitrogens with one attached hydrogen (secondary N) is 1. The fourth-order valence-corrected chi connectivity index (χ4v) is 2.33. The Morgan fingerprint density at radius 1 is 1.33 bits per heavy atom. The summed E-state index contributed by atoms with van der Waals surface area (Å²) >= 11 is 3.26. The quantitative estimate of drug-likeness (QED) is 0.943. The zero-order valence-electron chi connectivity index (χ0n) is 10.6. The molecule has 0 amide bonds. The van der Waals surface area contributed by atoms with Crippen LogP contribution in [0.5, 0.6) is 0 Å². The van der Waals surface area contributed by atoms with Gasteiger partial charge in [0.05, 0.1) is 17.0 Å². The van der Waals surface area contributed by atoms with Gasteiger partial charge in [0.25, 0.3) is 5.56 Å². The largest absolute Gasteiger partial charge is 0.305 e. The van der Waals surface area contributed by atoms with Crippen LogP contribution < -0.4 is 5.56 Å². The van der Waals surface area contributed by atoms with Crippen molar-refractivity contribution in [3.63, 3.8) is 0 Å². The van der Waals surface area contributed by atoms with Gasteiger partial charge in [-0.1, -0.05) is 13.8 Å². The van der Waals surface area contributed by atoms with E-state index < -0.39 is 0 Å². The molecule has 0 aliphatic rings. The maximum atomic E-state index is 11.8. The van der Waals surface area contributed by atoms with E-state index in [4.69, 9.17) is 0 Å². The molecule has 2 rings (SSSR count). The van der Waals surface area contributed by atoms with Gasteiger partial charge < -0.3 is 4.98 Å². The van der Waals surface area contributed by atoms with Gasteiger partial charge >= 0.3 is 0 Å². The zero-order chi connectivity index (χ0) is 13.3. The molecule has 18 heavy (non-hydrogen) atoms. The number of aromatic nitrogens is 4. The molecule has 2 heterocycles. The summed E-state index contributed by atoms with van der Waals surface area (Å²) < 4.78 is 2.25. The summed E-state index contributed by atoms with van der Waals surface area (Å²) in [7, 11) is 1.86. The van der Waals surface area contributed by atoms with Crippen molar-refractivity contribution in [1.29, 1.82) is 0 Å². The molecule has 6 heteroatoms. The van der Waals surface area contributed by atoms with Crippen molar-refractivity contribution < 1.29 is 0 Å². The van der Waals surface area contributed by atoms with Gasteiger partial charge in [0, 0.05) is 13.2 Å². The molecule has 0 fully saturated rings. The van der Waals surface area contributed by atoms with Crippen LogP contribution in [0, 0.1) is 0 Å². The first-order valence-electron chi connectivity index (χ1n) is 5.88. The molecule has 0 atom stereocenters. The van der Waals surface area contributed by atoms with E-state index in [1.807, 2.05) is 27.1 Å². The van der Waals surface area contributed by atoms with Crippen molar-refractivity contribution in [3.05, 3.63) is 32.4 Å². The van der Waals surface area contributed by atoms with Crippen molar-refractivity contribution in [2.45, 2.75) is 26.7 Å². The lowest BCUT2D eigenvalue weighted by Crippen LogP contribution is -2.13. The Balaban J connectivity index is 2.64. The summed E-state index contributed by atoms with van der Waals surface area (Å²) in [5.74, 6) is 0.588. The van der Waals surface area contributed by atoms with Crippen LogP contribution in [0.25, 0.3) is 11.4 Å². The first-order valence-corrected chi connectivity index (χ1v) is 6.67. The maximum Gasteiger partial charge on any atom is 0.265 e. The Hall–Kier alpha value is -1.43. The molecule has 0 saturated heterocycles. The minimum Gasteiger partial charge on any atom is -0.305 e. The molecule has 0 spiro atoms. The highest BCUT2D eigenvalue weighted by atomic mass is 79.9. The smallest absolute Gasteiger partial charge is 0.265 e. The molecule has 0 aliphatic heterocycles. The van der Waals surface area contributed by atoms with E-state index in [0.29, 0.717) is 16.7 Å². The highest BCUT2D eigenvalue weighted by molar-refractivity contribution is 9.10. The van der Waals surface area contributed by atoms with Gasteiger partial charge in [0.2, 0.25) is 0 Å². The lowest BCUT2D eigenvalue weighted by molar-refractivity contribution is 0.746. The van der Waals surface area contributed by atoms with Gasteiger partial charge in [-0.15, -0.1) is 0 Å². The van der Waals surface area contributed by atoms with Crippen molar-refractivity contribution in [2.75, 3.05) is 0 Å². The summed E-state index contributed by atoms with van der Waals surface area (Å²) in [6, 6.07) is 0. The van der Waals surface area contributed by atoms with Crippen molar-refractivity contribution in [1.82, 2.24) is 19.7 Å².